The van der Waals surface area contributed by atoms with Crippen LogP contribution in [0.2, 0.25) is 0 Å². The highest BCUT2D eigenvalue weighted by Gasteiger charge is 2.11. The maximum atomic E-state index is 11.9. The molecule has 1 aromatic carbocycles. The second-order valence-electron chi connectivity index (χ2n) is 4.53. The number of hydrogen-bond acceptors (Lipinski definition) is 3. The van der Waals surface area contributed by atoms with Crippen molar-refractivity contribution >= 4 is 17.7 Å². The normalized spacial score (nSPS) is 12.2. The molecule has 1 atom stereocenters. The molecule has 0 heterocycles. The van der Waals surface area contributed by atoms with Crippen molar-refractivity contribution in [3.63, 3.8) is 0 Å². The quantitative estimate of drug-likeness (QED) is 0.857. The maximum Gasteiger partial charge on any atom is 0.232 e. The minimum atomic E-state index is 0.156. The van der Waals surface area contributed by atoms with Gasteiger partial charge in [0.25, 0.3) is 0 Å². The van der Waals surface area contributed by atoms with Gasteiger partial charge >= 0.3 is 0 Å². The molecule has 0 bridgehead atoms. The second-order valence-corrected chi connectivity index (χ2v) is 5.96. The van der Waals surface area contributed by atoms with Gasteiger partial charge in [0.15, 0.2) is 0 Å². The molecular weight excluding hydrogens is 244 g/mol. The summed E-state index contributed by atoms with van der Waals surface area (Å²) < 4.78 is 0. The predicted octanol–water partition coefficient (Wildman–Crippen LogP) is 2.03. The van der Waals surface area contributed by atoms with E-state index >= 15 is 0 Å². The molecule has 1 amide bonds. The molecule has 1 unspecified atom stereocenters. The van der Waals surface area contributed by atoms with Crippen LogP contribution in [0.4, 0.5) is 0 Å². The van der Waals surface area contributed by atoms with Crippen LogP contribution in [0, 0.1) is 6.92 Å². The molecule has 1 aromatic rings. The van der Waals surface area contributed by atoms with Crippen molar-refractivity contribution in [1.29, 1.82) is 0 Å². The monoisotopic (exact) mass is 266 g/mol. The molecular formula is C14H22N2OS. The van der Waals surface area contributed by atoms with E-state index in [9.17, 15) is 4.79 Å². The highest BCUT2D eigenvalue weighted by molar-refractivity contribution is 8.00. The summed E-state index contributed by atoms with van der Waals surface area (Å²) in [4.78, 5) is 13.7. The zero-order valence-electron chi connectivity index (χ0n) is 11.3. The van der Waals surface area contributed by atoms with Gasteiger partial charge < -0.3 is 10.6 Å². The molecule has 100 valence electrons. The summed E-state index contributed by atoms with van der Waals surface area (Å²) in [5.41, 5.74) is 7.95. The number of rotatable bonds is 6. The average molecular weight is 266 g/mol. The zero-order valence-corrected chi connectivity index (χ0v) is 12.2. The van der Waals surface area contributed by atoms with Gasteiger partial charge in [-0.1, -0.05) is 31.2 Å². The molecule has 0 saturated heterocycles. The molecule has 0 aliphatic heterocycles. The Labute approximate surface area is 114 Å². The Morgan fingerprint density at radius 1 is 1.44 bits per heavy atom. The predicted molar refractivity (Wildman–Crippen MR) is 78.6 cm³/mol. The molecule has 4 heteroatoms. The second kappa shape index (κ2) is 7.44. The summed E-state index contributed by atoms with van der Waals surface area (Å²) in [6.07, 6.45) is 0. The smallest absolute Gasteiger partial charge is 0.232 e. The van der Waals surface area contributed by atoms with Crippen molar-refractivity contribution in [1.82, 2.24) is 4.90 Å². The highest BCUT2D eigenvalue weighted by Crippen LogP contribution is 2.13. The van der Waals surface area contributed by atoms with Crippen LogP contribution < -0.4 is 5.73 Å². The first-order chi connectivity index (χ1) is 8.54. The molecule has 1 rings (SSSR count). The number of carbonyl (C=O) groups is 1. The number of nitrogens with zero attached hydrogens (tertiary/aromatic N) is 1. The first-order valence-corrected chi connectivity index (χ1v) is 7.19. The third kappa shape index (κ3) is 4.70. The van der Waals surface area contributed by atoms with Crippen molar-refractivity contribution in [3.8, 4) is 0 Å². The molecule has 0 saturated carbocycles. The minimum Gasteiger partial charge on any atom is -0.341 e. The van der Waals surface area contributed by atoms with E-state index < -0.39 is 0 Å². The van der Waals surface area contributed by atoms with Crippen molar-refractivity contribution in [2.45, 2.75) is 25.6 Å². The fourth-order valence-electron chi connectivity index (χ4n) is 1.52. The Bertz CT molecular complexity index is 395. The first-order valence-electron chi connectivity index (χ1n) is 6.14. The van der Waals surface area contributed by atoms with Gasteiger partial charge in [-0.15, -0.1) is 11.8 Å². The van der Waals surface area contributed by atoms with Gasteiger partial charge in [-0.05, 0) is 18.1 Å². The molecule has 0 aliphatic rings. The standard InChI is InChI=1S/C14H22N2OS/c1-11-6-4-5-7-13(11)9-16(3)14(17)10-18-12(2)8-15/h4-7,12H,8-10,15H2,1-3H3. The lowest BCUT2D eigenvalue weighted by molar-refractivity contribution is -0.127. The Kier molecular flexibility index (Phi) is 6.22. The summed E-state index contributed by atoms with van der Waals surface area (Å²) in [5, 5.41) is 0.334. The van der Waals surface area contributed by atoms with E-state index in [0.29, 0.717) is 24.1 Å². The van der Waals surface area contributed by atoms with Gasteiger partial charge in [0, 0.05) is 25.4 Å². The number of aryl methyl sites for hydroxylation is 1. The summed E-state index contributed by atoms with van der Waals surface area (Å²) in [7, 11) is 1.85. The minimum absolute atomic E-state index is 0.156. The molecule has 3 nitrogen and oxygen atoms in total. The first kappa shape index (κ1) is 15.1. The van der Waals surface area contributed by atoms with E-state index in [2.05, 4.69) is 19.1 Å². The Morgan fingerprint density at radius 3 is 2.72 bits per heavy atom. The van der Waals surface area contributed by atoms with Crippen molar-refractivity contribution in [2.75, 3.05) is 19.3 Å². The molecule has 0 aliphatic carbocycles. The van der Waals surface area contributed by atoms with Crippen LogP contribution in [-0.2, 0) is 11.3 Å². The fourth-order valence-corrected chi connectivity index (χ4v) is 2.31. The van der Waals surface area contributed by atoms with Crippen LogP contribution in [0.25, 0.3) is 0 Å². The van der Waals surface area contributed by atoms with Crippen LogP contribution in [0.3, 0.4) is 0 Å². The molecule has 0 aromatic heterocycles. The summed E-state index contributed by atoms with van der Waals surface area (Å²) in [5.74, 6) is 0.657. The number of benzene rings is 1. The van der Waals surface area contributed by atoms with E-state index in [1.165, 1.54) is 11.1 Å². The number of hydrogen-bond donors (Lipinski definition) is 1. The van der Waals surface area contributed by atoms with Gasteiger partial charge in [0.1, 0.15) is 0 Å². The van der Waals surface area contributed by atoms with Crippen LogP contribution in [0.15, 0.2) is 24.3 Å². The Morgan fingerprint density at radius 2 is 2.11 bits per heavy atom. The summed E-state index contributed by atoms with van der Waals surface area (Å²) in [6, 6.07) is 8.15. The molecule has 18 heavy (non-hydrogen) atoms. The number of thioether (sulfide) groups is 1. The van der Waals surface area contributed by atoms with E-state index in [0.717, 1.165) is 0 Å². The molecule has 0 fully saturated rings. The third-order valence-corrected chi connectivity index (χ3v) is 4.09. The third-order valence-electron chi connectivity index (χ3n) is 2.92. The lowest BCUT2D eigenvalue weighted by Crippen LogP contribution is -2.29. The number of carbonyl (C=O) groups excluding carboxylic acids is 1. The van der Waals surface area contributed by atoms with E-state index in [1.54, 1.807) is 16.7 Å². The fraction of sp³-hybridized carbons (Fsp3) is 0.500. The number of amides is 1. The van der Waals surface area contributed by atoms with Gasteiger partial charge in [0.05, 0.1) is 5.75 Å². The molecule has 0 radical (unpaired) electrons. The lowest BCUT2D eigenvalue weighted by Gasteiger charge is -2.19. The summed E-state index contributed by atoms with van der Waals surface area (Å²) >= 11 is 1.61. The van der Waals surface area contributed by atoms with Crippen LogP contribution in [-0.4, -0.2) is 35.4 Å². The largest absolute Gasteiger partial charge is 0.341 e. The number of nitrogens with two attached hydrogens (primary N) is 1. The zero-order chi connectivity index (χ0) is 13.5. The van der Waals surface area contributed by atoms with Crippen LogP contribution >= 0.6 is 11.8 Å². The summed E-state index contributed by atoms with van der Waals surface area (Å²) in [6.45, 7) is 5.39. The van der Waals surface area contributed by atoms with Crippen LogP contribution in [0.5, 0.6) is 0 Å². The average Bonchev–Trinajstić information content (AvgIpc) is 2.38. The highest BCUT2D eigenvalue weighted by atomic mass is 32.2. The maximum absolute atomic E-state index is 11.9. The molecule has 2 N–H and O–H groups in total. The van der Waals surface area contributed by atoms with E-state index in [4.69, 9.17) is 5.73 Å². The van der Waals surface area contributed by atoms with E-state index in [-0.39, 0.29) is 5.91 Å². The topological polar surface area (TPSA) is 46.3 Å². The van der Waals surface area contributed by atoms with Gasteiger partial charge in [-0.2, -0.15) is 0 Å². The SMILES string of the molecule is Cc1ccccc1CN(C)C(=O)CSC(C)CN. The van der Waals surface area contributed by atoms with E-state index in [1.807, 2.05) is 26.1 Å². The van der Waals surface area contributed by atoms with Crippen molar-refractivity contribution in [2.24, 2.45) is 5.73 Å². The van der Waals surface area contributed by atoms with Crippen molar-refractivity contribution < 1.29 is 4.79 Å². The van der Waals surface area contributed by atoms with Crippen molar-refractivity contribution in [3.05, 3.63) is 35.4 Å². The lowest BCUT2D eigenvalue weighted by atomic mass is 10.1. The Hall–Kier alpha value is -1.000. The molecule has 0 spiro atoms. The van der Waals surface area contributed by atoms with Gasteiger partial charge in [0.2, 0.25) is 5.91 Å². The van der Waals surface area contributed by atoms with Gasteiger partial charge in [-0.3, -0.25) is 4.79 Å². The Balaban J connectivity index is 2.47. The van der Waals surface area contributed by atoms with Crippen LogP contribution in [0.1, 0.15) is 18.1 Å². The van der Waals surface area contributed by atoms with Gasteiger partial charge in [-0.25, -0.2) is 0 Å².